The predicted molar refractivity (Wildman–Crippen MR) is 74.4 cm³/mol. The van der Waals surface area contributed by atoms with Crippen molar-refractivity contribution in [3.63, 3.8) is 0 Å². The number of nitrogens with one attached hydrogen (secondary N) is 1. The highest BCUT2D eigenvalue weighted by atomic mass is 16.4. The summed E-state index contributed by atoms with van der Waals surface area (Å²) in [5.74, 6) is 0.408. The molecule has 1 aromatic rings. The van der Waals surface area contributed by atoms with E-state index in [0.29, 0.717) is 24.3 Å². The van der Waals surface area contributed by atoms with Crippen LogP contribution in [0.4, 0.5) is 0 Å². The maximum atomic E-state index is 12.3. The standard InChI is InChI=1S/C13H21N5O2/c1-9-3-5-13(6-4-9,12(14)17-20)16-11(19)10-7-15-18(2)8-10/h7-9,20H,3-6H2,1-2H3,(H2,14,17)(H,16,19). The van der Waals surface area contributed by atoms with Crippen molar-refractivity contribution in [2.75, 3.05) is 0 Å². The Morgan fingerprint density at radius 2 is 2.25 bits per heavy atom. The fourth-order valence-electron chi connectivity index (χ4n) is 2.62. The van der Waals surface area contributed by atoms with E-state index in [0.717, 1.165) is 12.8 Å². The molecule has 1 aromatic heterocycles. The molecule has 110 valence electrons. The lowest BCUT2D eigenvalue weighted by Crippen LogP contribution is -2.59. The van der Waals surface area contributed by atoms with Crippen LogP contribution in [-0.2, 0) is 7.05 Å². The molecule has 1 saturated carbocycles. The van der Waals surface area contributed by atoms with Gasteiger partial charge in [-0.1, -0.05) is 12.1 Å². The van der Waals surface area contributed by atoms with Gasteiger partial charge in [-0.15, -0.1) is 0 Å². The van der Waals surface area contributed by atoms with Crippen molar-refractivity contribution in [3.8, 4) is 0 Å². The van der Waals surface area contributed by atoms with E-state index in [4.69, 9.17) is 10.9 Å². The van der Waals surface area contributed by atoms with E-state index in [1.54, 1.807) is 17.9 Å². The van der Waals surface area contributed by atoms with Crippen molar-refractivity contribution in [2.45, 2.75) is 38.1 Å². The van der Waals surface area contributed by atoms with Crippen LogP contribution in [0.3, 0.4) is 0 Å². The first-order valence-electron chi connectivity index (χ1n) is 6.76. The Morgan fingerprint density at radius 1 is 1.60 bits per heavy atom. The van der Waals surface area contributed by atoms with Gasteiger partial charge in [0.05, 0.1) is 11.8 Å². The normalized spacial score (nSPS) is 27.3. The summed E-state index contributed by atoms with van der Waals surface area (Å²) in [5.41, 5.74) is 5.54. The first kappa shape index (κ1) is 14.4. The molecule has 0 aromatic carbocycles. The molecule has 0 unspecified atom stereocenters. The van der Waals surface area contributed by atoms with Crippen molar-refractivity contribution >= 4 is 11.7 Å². The number of oxime groups is 1. The molecule has 1 amide bonds. The maximum Gasteiger partial charge on any atom is 0.255 e. The molecule has 0 atom stereocenters. The number of rotatable bonds is 3. The summed E-state index contributed by atoms with van der Waals surface area (Å²) in [6.07, 6.45) is 6.36. The minimum atomic E-state index is -0.756. The van der Waals surface area contributed by atoms with Crippen LogP contribution >= 0.6 is 0 Å². The average molecular weight is 279 g/mol. The lowest BCUT2D eigenvalue weighted by Gasteiger charge is -2.38. The van der Waals surface area contributed by atoms with Gasteiger partial charge >= 0.3 is 0 Å². The number of nitrogens with zero attached hydrogens (tertiary/aromatic N) is 3. The van der Waals surface area contributed by atoms with E-state index < -0.39 is 5.54 Å². The second-order valence-electron chi connectivity index (χ2n) is 5.61. The third kappa shape index (κ3) is 2.76. The summed E-state index contributed by atoms with van der Waals surface area (Å²) in [4.78, 5) is 12.3. The minimum Gasteiger partial charge on any atom is -0.409 e. The summed E-state index contributed by atoms with van der Waals surface area (Å²) in [6, 6.07) is 0. The van der Waals surface area contributed by atoms with E-state index in [1.807, 2.05) is 0 Å². The molecular formula is C13H21N5O2. The van der Waals surface area contributed by atoms with E-state index in [9.17, 15) is 4.79 Å². The number of carbonyl (C=O) groups is 1. The van der Waals surface area contributed by atoms with Crippen LogP contribution in [0.2, 0.25) is 0 Å². The van der Waals surface area contributed by atoms with Gasteiger partial charge in [0.25, 0.3) is 5.91 Å². The van der Waals surface area contributed by atoms with Gasteiger partial charge in [-0.25, -0.2) is 0 Å². The molecular weight excluding hydrogens is 258 g/mol. The Hall–Kier alpha value is -2.05. The number of amidine groups is 1. The molecule has 20 heavy (non-hydrogen) atoms. The second-order valence-corrected chi connectivity index (χ2v) is 5.61. The van der Waals surface area contributed by atoms with Crippen LogP contribution in [0, 0.1) is 5.92 Å². The lowest BCUT2D eigenvalue weighted by atomic mass is 9.76. The van der Waals surface area contributed by atoms with E-state index in [-0.39, 0.29) is 11.7 Å². The number of amides is 1. The SMILES string of the molecule is CC1CCC(NC(=O)c2cnn(C)c2)(/C(N)=N/O)CC1. The lowest BCUT2D eigenvalue weighted by molar-refractivity contribution is 0.0897. The highest BCUT2D eigenvalue weighted by molar-refractivity contribution is 6.00. The van der Waals surface area contributed by atoms with Crippen LogP contribution in [0.5, 0.6) is 0 Å². The first-order valence-corrected chi connectivity index (χ1v) is 6.76. The van der Waals surface area contributed by atoms with Crippen molar-refractivity contribution in [2.24, 2.45) is 23.9 Å². The van der Waals surface area contributed by atoms with Crippen LogP contribution in [0.15, 0.2) is 17.5 Å². The summed E-state index contributed by atoms with van der Waals surface area (Å²) in [7, 11) is 1.75. The summed E-state index contributed by atoms with van der Waals surface area (Å²) >= 11 is 0. The van der Waals surface area contributed by atoms with Crippen LogP contribution < -0.4 is 11.1 Å². The number of carbonyl (C=O) groups excluding carboxylic acids is 1. The largest absolute Gasteiger partial charge is 0.409 e. The number of aryl methyl sites for hydroxylation is 1. The smallest absolute Gasteiger partial charge is 0.255 e. The maximum absolute atomic E-state index is 12.3. The molecule has 2 rings (SSSR count). The van der Waals surface area contributed by atoms with Crippen molar-refractivity contribution in [1.29, 1.82) is 0 Å². The van der Waals surface area contributed by atoms with Crippen LogP contribution in [-0.4, -0.2) is 32.3 Å². The average Bonchev–Trinajstić information content (AvgIpc) is 2.87. The third-order valence-electron chi connectivity index (χ3n) is 4.05. The van der Waals surface area contributed by atoms with Gasteiger partial charge in [-0.05, 0) is 31.6 Å². The zero-order chi connectivity index (χ0) is 14.8. The van der Waals surface area contributed by atoms with Crippen molar-refractivity contribution in [1.82, 2.24) is 15.1 Å². The Balaban J connectivity index is 2.18. The Labute approximate surface area is 117 Å². The first-order chi connectivity index (χ1) is 9.47. The number of aromatic nitrogens is 2. The molecule has 7 nitrogen and oxygen atoms in total. The van der Waals surface area contributed by atoms with Crippen LogP contribution in [0.25, 0.3) is 0 Å². The molecule has 1 fully saturated rings. The fraction of sp³-hybridized carbons (Fsp3) is 0.615. The Morgan fingerprint density at radius 3 is 2.75 bits per heavy atom. The molecule has 1 aliphatic rings. The molecule has 1 aliphatic carbocycles. The van der Waals surface area contributed by atoms with Gasteiger partial charge < -0.3 is 16.3 Å². The predicted octanol–water partition coefficient (Wildman–Crippen LogP) is 0.845. The number of hydrogen-bond acceptors (Lipinski definition) is 4. The quantitative estimate of drug-likeness (QED) is 0.330. The highest BCUT2D eigenvalue weighted by Crippen LogP contribution is 2.32. The van der Waals surface area contributed by atoms with E-state index >= 15 is 0 Å². The molecule has 4 N–H and O–H groups in total. The zero-order valence-electron chi connectivity index (χ0n) is 11.8. The number of nitrogens with two attached hydrogens (primary N) is 1. The minimum absolute atomic E-state index is 0.0710. The monoisotopic (exact) mass is 279 g/mol. The second kappa shape index (κ2) is 5.52. The van der Waals surface area contributed by atoms with Gasteiger partial charge in [0.15, 0.2) is 5.84 Å². The van der Waals surface area contributed by atoms with Gasteiger partial charge in [-0.3, -0.25) is 9.48 Å². The molecule has 1 heterocycles. The summed E-state index contributed by atoms with van der Waals surface area (Å²) < 4.78 is 1.56. The topological polar surface area (TPSA) is 106 Å². The summed E-state index contributed by atoms with van der Waals surface area (Å²) in [5, 5.41) is 19.0. The Kier molecular flexibility index (Phi) is 3.96. The Bertz CT molecular complexity index is 515. The highest BCUT2D eigenvalue weighted by Gasteiger charge is 2.40. The fourth-order valence-corrected chi connectivity index (χ4v) is 2.62. The van der Waals surface area contributed by atoms with Gasteiger partial charge in [0, 0.05) is 13.2 Å². The van der Waals surface area contributed by atoms with Gasteiger partial charge in [0.1, 0.15) is 5.54 Å². The summed E-state index contributed by atoms with van der Waals surface area (Å²) in [6.45, 7) is 2.17. The molecule has 0 saturated heterocycles. The van der Waals surface area contributed by atoms with Gasteiger partial charge in [0.2, 0.25) is 0 Å². The number of hydrogen-bond donors (Lipinski definition) is 3. The van der Waals surface area contributed by atoms with Crippen molar-refractivity contribution in [3.05, 3.63) is 18.0 Å². The molecule has 7 heteroatoms. The van der Waals surface area contributed by atoms with Crippen LogP contribution in [0.1, 0.15) is 43.0 Å². The molecule has 0 bridgehead atoms. The molecule has 0 spiro atoms. The van der Waals surface area contributed by atoms with E-state index in [2.05, 4.69) is 22.5 Å². The van der Waals surface area contributed by atoms with E-state index in [1.165, 1.54) is 6.20 Å². The zero-order valence-corrected chi connectivity index (χ0v) is 11.8. The molecule has 0 radical (unpaired) electrons. The van der Waals surface area contributed by atoms with Crippen molar-refractivity contribution < 1.29 is 10.0 Å². The third-order valence-corrected chi connectivity index (χ3v) is 4.05. The molecule has 0 aliphatic heterocycles. The van der Waals surface area contributed by atoms with Gasteiger partial charge in [-0.2, -0.15) is 5.10 Å².